The van der Waals surface area contributed by atoms with Crippen LogP contribution in [0.15, 0.2) is 0 Å². The first-order valence-corrected chi connectivity index (χ1v) is 6.74. The van der Waals surface area contributed by atoms with Crippen molar-refractivity contribution in [3.63, 3.8) is 0 Å². The minimum absolute atomic E-state index is 0.0342. The molecule has 0 bridgehead atoms. The van der Waals surface area contributed by atoms with Gasteiger partial charge in [-0.2, -0.15) is 0 Å². The lowest BCUT2D eigenvalue weighted by Gasteiger charge is -2.08. The first-order valence-electron chi connectivity index (χ1n) is 6.74. The van der Waals surface area contributed by atoms with E-state index in [1.807, 2.05) is 0 Å². The zero-order valence-corrected chi connectivity index (χ0v) is 10.8. The summed E-state index contributed by atoms with van der Waals surface area (Å²) >= 11 is 0. The van der Waals surface area contributed by atoms with Gasteiger partial charge in [-0.05, 0) is 18.8 Å². The number of hydrogen-bond donors (Lipinski definition) is 2. The highest BCUT2D eigenvalue weighted by atomic mass is 16.5. The molecule has 1 rings (SSSR count). The van der Waals surface area contributed by atoms with E-state index < -0.39 is 5.97 Å². The van der Waals surface area contributed by atoms with Crippen molar-refractivity contribution in [3.8, 4) is 0 Å². The number of carboxylic acids is 1. The predicted octanol–water partition coefficient (Wildman–Crippen LogP) is 1.56. The van der Waals surface area contributed by atoms with Crippen LogP contribution < -0.4 is 5.32 Å². The third-order valence-electron chi connectivity index (χ3n) is 3.29. The Bertz CT molecular complexity index is 262. The van der Waals surface area contributed by atoms with E-state index in [0.717, 1.165) is 18.8 Å². The van der Waals surface area contributed by atoms with Gasteiger partial charge in [-0.15, -0.1) is 0 Å². The van der Waals surface area contributed by atoms with Crippen molar-refractivity contribution < 1.29 is 19.4 Å². The van der Waals surface area contributed by atoms with Gasteiger partial charge in [0, 0.05) is 13.0 Å². The fourth-order valence-electron chi connectivity index (χ4n) is 2.36. The maximum Gasteiger partial charge on any atom is 0.329 e. The molecule has 0 aromatic carbocycles. The second kappa shape index (κ2) is 8.91. The molecule has 1 amide bonds. The van der Waals surface area contributed by atoms with Gasteiger partial charge in [0.25, 0.3) is 0 Å². The van der Waals surface area contributed by atoms with Crippen LogP contribution in [0, 0.1) is 5.92 Å². The van der Waals surface area contributed by atoms with Crippen LogP contribution in [-0.2, 0) is 14.3 Å². The van der Waals surface area contributed by atoms with E-state index in [0.29, 0.717) is 13.0 Å². The molecule has 0 unspecified atom stereocenters. The largest absolute Gasteiger partial charge is 0.480 e. The number of amides is 1. The molecule has 1 saturated carbocycles. The molecular weight excluding hydrogens is 234 g/mol. The highest BCUT2D eigenvalue weighted by Crippen LogP contribution is 2.28. The van der Waals surface area contributed by atoms with Crippen LogP contribution in [0.2, 0.25) is 0 Å². The summed E-state index contributed by atoms with van der Waals surface area (Å²) in [4.78, 5) is 21.6. The normalized spacial score (nSPS) is 15.8. The van der Waals surface area contributed by atoms with Crippen LogP contribution in [0.5, 0.6) is 0 Å². The summed E-state index contributed by atoms with van der Waals surface area (Å²) in [6.45, 7) is 0.327. The Morgan fingerprint density at radius 1 is 1.28 bits per heavy atom. The molecule has 0 aromatic heterocycles. The molecule has 1 fully saturated rings. The number of aliphatic carboxylic acids is 1. The third-order valence-corrected chi connectivity index (χ3v) is 3.29. The van der Waals surface area contributed by atoms with Gasteiger partial charge in [-0.3, -0.25) is 4.79 Å². The van der Waals surface area contributed by atoms with E-state index in [1.165, 1.54) is 25.7 Å². The fourth-order valence-corrected chi connectivity index (χ4v) is 2.36. The smallest absolute Gasteiger partial charge is 0.329 e. The zero-order valence-electron chi connectivity index (χ0n) is 10.8. The van der Waals surface area contributed by atoms with E-state index >= 15 is 0 Å². The summed E-state index contributed by atoms with van der Waals surface area (Å²) in [5.74, 6) is -0.124. The van der Waals surface area contributed by atoms with E-state index in [9.17, 15) is 9.59 Å². The summed E-state index contributed by atoms with van der Waals surface area (Å²) in [7, 11) is 0. The molecule has 0 heterocycles. The molecule has 5 nitrogen and oxygen atoms in total. The highest BCUT2D eigenvalue weighted by molar-refractivity contribution is 5.75. The molecule has 104 valence electrons. The predicted molar refractivity (Wildman–Crippen MR) is 67.3 cm³/mol. The van der Waals surface area contributed by atoms with Crippen molar-refractivity contribution in [1.29, 1.82) is 0 Å². The summed E-state index contributed by atoms with van der Waals surface area (Å²) in [6, 6.07) is 0. The maximum atomic E-state index is 11.4. The summed E-state index contributed by atoms with van der Waals surface area (Å²) in [6.07, 6.45) is 8.01. The Morgan fingerprint density at radius 2 is 2.00 bits per heavy atom. The first kappa shape index (κ1) is 15.0. The van der Waals surface area contributed by atoms with Gasteiger partial charge in [-0.1, -0.05) is 25.7 Å². The van der Waals surface area contributed by atoms with Crippen LogP contribution in [0.4, 0.5) is 0 Å². The van der Waals surface area contributed by atoms with Gasteiger partial charge in [0.15, 0.2) is 0 Å². The van der Waals surface area contributed by atoms with Gasteiger partial charge < -0.3 is 15.2 Å². The number of rotatable bonds is 9. The molecule has 0 saturated heterocycles. The Balaban J connectivity index is 1.88. The van der Waals surface area contributed by atoms with E-state index in [2.05, 4.69) is 5.32 Å². The number of nitrogens with one attached hydrogen (secondary N) is 1. The summed E-state index contributed by atoms with van der Waals surface area (Å²) in [5, 5.41) is 11.1. The third kappa shape index (κ3) is 7.27. The fraction of sp³-hybridized carbons (Fsp3) is 0.846. The summed E-state index contributed by atoms with van der Waals surface area (Å²) < 4.78 is 4.82. The Morgan fingerprint density at radius 3 is 2.67 bits per heavy atom. The Labute approximate surface area is 108 Å². The molecule has 1 aliphatic carbocycles. The van der Waals surface area contributed by atoms with Crippen molar-refractivity contribution in [1.82, 2.24) is 5.32 Å². The SMILES string of the molecule is O=C(O)COCCNC(=O)CCCC1CCCC1. The van der Waals surface area contributed by atoms with Gasteiger partial charge in [-0.25, -0.2) is 4.79 Å². The van der Waals surface area contributed by atoms with Crippen molar-refractivity contribution >= 4 is 11.9 Å². The van der Waals surface area contributed by atoms with Crippen LogP contribution >= 0.6 is 0 Å². The molecule has 0 aliphatic heterocycles. The second-order valence-corrected chi connectivity index (χ2v) is 4.84. The van der Waals surface area contributed by atoms with Gasteiger partial charge in [0.1, 0.15) is 6.61 Å². The summed E-state index contributed by atoms with van der Waals surface area (Å²) in [5.41, 5.74) is 0. The standard InChI is InChI=1S/C13H23NO4/c15-12(14-8-9-18-10-13(16)17)7-3-6-11-4-1-2-5-11/h11H,1-10H2,(H,14,15)(H,16,17). The monoisotopic (exact) mass is 257 g/mol. The molecule has 5 heteroatoms. The average Bonchev–Trinajstić information content (AvgIpc) is 2.81. The van der Waals surface area contributed by atoms with Crippen molar-refractivity contribution in [2.75, 3.05) is 19.8 Å². The van der Waals surface area contributed by atoms with E-state index in [-0.39, 0.29) is 19.1 Å². The molecule has 0 atom stereocenters. The highest BCUT2D eigenvalue weighted by Gasteiger charge is 2.14. The minimum atomic E-state index is -0.988. The van der Waals surface area contributed by atoms with Gasteiger partial charge in [0.2, 0.25) is 5.91 Å². The van der Waals surface area contributed by atoms with Crippen LogP contribution in [0.3, 0.4) is 0 Å². The molecule has 18 heavy (non-hydrogen) atoms. The number of ether oxygens (including phenoxy) is 1. The minimum Gasteiger partial charge on any atom is -0.480 e. The molecular formula is C13H23NO4. The van der Waals surface area contributed by atoms with Crippen LogP contribution in [0.1, 0.15) is 44.9 Å². The second-order valence-electron chi connectivity index (χ2n) is 4.84. The van der Waals surface area contributed by atoms with Crippen molar-refractivity contribution in [2.24, 2.45) is 5.92 Å². The number of carboxylic acid groups (broad SMARTS) is 1. The van der Waals surface area contributed by atoms with Gasteiger partial charge >= 0.3 is 5.97 Å². The molecule has 0 aromatic rings. The lowest BCUT2D eigenvalue weighted by Crippen LogP contribution is -2.27. The number of carbonyl (C=O) groups excluding carboxylic acids is 1. The topological polar surface area (TPSA) is 75.6 Å². The van der Waals surface area contributed by atoms with Crippen LogP contribution in [-0.4, -0.2) is 36.7 Å². The maximum absolute atomic E-state index is 11.4. The molecule has 0 radical (unpaired) electrons. The van der Waals surface area contributed by atoms with E-state index in [4.69, 9.17) is 9.84 Å². The quantitative estimate of drug-likeness (QED) is 0.615. The molecule has 2 N–H and O–H groups in total. The lowest BCUT2D eigenvalue weighted by molar-refractivity contribution is -0.142. The molecule has 0 spiro atoms. The Kier molecular flexibility index (Phi) is 7.41. The zero-order chi connectivity index (χ0) is 13.2. The average molecular weight is 257 g/mol. The van der Waals surface area contributed by atoms with E-state index in [1.54, 1.807) is 0 Å². The number of hydrogen-bond acceptors (Lipinski definition) is 3. The Hall–Kier alpha value is -1.10. The van der Waals surface area contributed by atoms with Crippen LogP contribution in [0.25, 0.3) is 0 Å². The van der Waals surface area contributed by atoms with Gasteiger partial charge in [0.05, 0.1) is 6.61 Å². The first-order chi connectivity index (χ1) is 8.68. The molecule has 1 aliphatic rings. The van der Waals surface area contributed by atoms with Crippen molar-refractivity contribution in [2.45, 2.75) is 44.9 Å². The number of carbonyl (C=O) groups is 2. The lowest BCUT2D eigenvalue weighted by atomic mass is 10.0. The van der Waals surface area contributed by atoms with Crippen molar-refractivity contribution in [3.05, 3.63) is 0 Å².